The van der Waals surface area contributed by atoms with Gasteiger partial charge < -0.3 is 26.6 Å². The molecule has 2 fully saturated rings. The van der Waals surface area contributed by atoms with E-state index in [2.05, 4.69) is 20.6 Å². The summed E-state index contributed by atoms with van der Waals surface area (Å²) in [6.07, 6.45) is -2.59. The number of benzene rings is 1. The minimum Gasteiger partial charge on any atom is -0.393 e. The van der Waals surface area contributed by atoms with Crippen LogP contribution in [-0.4, -0.2) is 56.9 Å². The van der Waals surface area contributed by atoms with E-state index in [1.165, 1.54) is 17.8 Å². The van der Waals surface area contributed by atoms with Crippen molar-refractivity contribution in [2.75, 3.05) is 28.7 Å². The molecule has 7 nitrogen and oxygen atoms in total. The zero-order valence-corrected chi connectivity index (χ0v) is 19.0. The largest absolute Gasteiger partial charge is 0.393 e. The topological polar surface area (TPSA) is 116 Å². The summed E-state index contributed by atoms with van der Waals surface area (Å²) in [5.41, 5.74) is 7.26. The number of aromatic nitrogens is 2. The smallest absolute Gasteiger partial charge is 0.191 e. The van der Waals surface area contributed by atoms with Crippen molar-refractivity contribution < 1.29 is 23.4 Å². The van der Waals surface area contributed by atoms with Crippen molar-refractivity contribution in [2.45, 2.75) is 61.7 Å². The zero-order chi connectivity index (χ0) is 23.7. The first-order valence-electron chi connectivity index (χ1n) is 11.0. The monoisotopic (exact) mass is 483 g/mol. The fraction of sp³-hybridized carbons (Fsp3) is 0.545. The number of nitrogen functional groups attached to an aromatic ring is 1. The molecule has 0 spiro atoms. The molecule has 11 heteroatoms. The van der Waals surface area contributed by atoms with E-state index in [-0.39, 0.29) is 29.8 Å². The number of aliphatic hydroxyl groups excluding tert-OH is 2. The molecule has 6 atom stereocenters. The van der Waals surface area contributed by atoms with Gasteiger partial charge in [0.05, 0.1) is 6.04 Å². The highest BCUT2D eigenvalue weighted by Gasteiger charge is 2.42. The Balaban J connectivity index is 1.46. The van der Waals surface area contributed by atoms with Crippen LogP contribution >= 0.6 is 11.8 Å². The molecule has 0 radical (unpaired) electrons. The van der Waals surface area contributed by atoms with Gasteiger partial charge in [-0.25, -0.2) is 23.1 Å². The van der Waals surface area contributed by atoms with Crippen LogP contribution in [0.2, 0.25) is 0 Å². The lowest BCUT2D eigenvalue weighted by Crippen LogP contribution is -2.35. The van der Waals surface area contributed by atoms with E-state index in [1.54, 1.807) is 6.07 Å². The first-order valence-corrected chi connectivity index (χ1v) is 12.0. The van der Waals surface area contributed by atoms with E-state index in [1.807, 2.05) is 6.92 Å². The maximum atomic E-state index is 13.8. The molecule has 2 aromatic rings. The van der Waals surface area contributed by atoms with Gasteiger partial charge in [0, 0.05) is 18.7 Å². The van der Waals surface area contributed by atoms with Crippen LogP contribution in [0, 0.1) is 17.6 Å². The summed E-state index contributed by atoms with van der Waals surface area (Å²) in [5.74, 6) is 0.0933. The van der Waals surface area contributed by atoms with Crippen molar-refractivity contribution in [1.29, 1.82) is 0 Å². The van der Waals surface area contributed by atoms with Crippen LogP contribution in [0.1, 0.15) is 37.7 Å². The van der Waals surface area contributed by atoms with Gasteiger partial charge in [-0.3, -0.25) is 0 Å². The Morgan fingerprint density at radius 3 is 2.55 bits per heavy atom. The number of nitrogens with two attached hydrogens (primary N) is 1. The van der Waals surface area contributed by atoms with Crippen LogP contribution in [0.25, 0.3) is 0 Å². The summed E-state index contributed by atoms with van der Waals surface area (Å²) in [6, 6.07) is 3.25. The summed E-state index contributed by atoms with van der Waals surface area (Å²) in [6.45, 7) is 2.56. The van der Waals surface area contributed by atoms with Gasteiger partial charge in [-0.1, -0.05) is 24.8 Å². The number of nitrogens with one attached hydrogen (secondary N) is 2. The van der Waals surface area contributed by atoms with Crippen molar-refractivity contribution >= 4 is 29.1 Å². The maximum absolute atomic E-state index is 13.8. The van der Waals surface area contributed by atoms with E-state index in [4.69, 9.17) is 5.73 Å². The third-order valence-corrected chi connectivity index (χ3v) is 7.17. The van der Waals surface area contributed by atoms with E-state index in [0.717, 1.165) is 30.2 Å². The molecule has 6 unspecified atom stereocenters. The Labute approximate surface area is 194 Å². The number of rotatable bonds is 9. The standard InChI is InChI=1S/C22H28F3N5O2S/c1-2-5-33-22-29-20(17(26)21(30-22)28-16-8-15(25)18(31)19(16)32)27-9-11-6-12(11)10-3-4-13(23)14(24)7-10/h3-4,7,11-12,15-16,18-19,31-32H,2,5-6,8-9,26H2,1H3,(H2,27,28,29,30). The second kappa shape index (κ2) is 9.94. The van der Waals surface area contributed by atoms with Crippen molar-refractivity contribution in [3.8, 4) is 0 Å². The van der Waals surface area contributed by atoms with E-state index >= 15 is 0 Å². The van der Waals surface area contributed by atoms with Crippen LogP contribution in [-0.2, 0) is 0 Å². The fourth-order valence-electron chi connectivity index (χ4n) is 4.10. The molecular formula is C22H28F3N5O2S. The van der Waals surface area contributed by atoms with Crippen molar-refractivity contribution in [2.24, 2.45) is 5.92 Å². The van der Waals surface area contributed by atoms with Gasteiger partial charge in [-0.2, -0.15) is 0 Å². The summed E-state index contributed by atoms with van der Waals surface area (Å²) < 4.78 is 40.5. The van der Waals surface area contributed by atoms with Gasteiger partial charge in [0.15, 0.2) is 28.4 Å². The highest BCUT2D eigenvalue weighted by Crippen LogP contribution is 2.47. The molecule has 2 aliphatic rings. The van der Waals surface area contributed by atoms with Gasteiger partial charge in [-0.05, 0) is 42.4 Å². The van der Waals surface area contributed by atoms with Crippen LogP contribution in [0.15, 0.2) is 23.4 Å². The van der Waals surface area contributed by atoms with E-state index in [9.17, 15) is 23.4 Å². The molecule has 0 bridgehead atoms. The Hall–Kier alpha value is -2.24. The van der Waals surface area contributed by atoms with Crippen molar-refractivity contribution in [3.63, 3.8) is 0 Å². The van der Waals surface area contributed by atoms with Gasteiger partial charge in [0.2, 0.25) is 0 Å². The van der Waals surface area contributed by atoms with Crippen LogP contribution in [0.4, 0.5) is 30.5 Å². The number of thioether (sulfide) groups is 1. The molecule has 0 aliphatic heterocycles. The number of nitrogens with zero attached hydrogens (tertiary/aromatic N) is 2. The molecular weight excluding hydrogens is 455 g/mol. The molecule has 2 aliphatic carbocycles. The average molecular weight is 484 g/mol. The van der Waals surface area contributed by atoms with Crippen LogP contribution < -0.4 is 16.4 Å². The minimum absolute atomic E-state index is 0.0655. The predicted octanol–water partition coefficient (Wildman–Crippen LogP) is 3.30. The first kappa shape index (κ1) is 23.9. The SMILES string of the molecule is CCCSc1nc(NCC2CC2c2ccc(F)c(F)c2)c(N)c(NC2CC(F)C(O)C2O)n1. The Kier molecular flexibility index (Phi) is 7.20. The summed E-state index contributed by atoms with van der Waals surface area (Å²) in [5, 5.41) is 26.5. The Bertz CT molecular complexity index is 1000. The number of hydrogen-bond donors (Lipinski definition) is 5. The molecule has 6 N–H and O–H groups in total. The number of hydrogen-bond acceptors (Lipinski definition) is 8. The van der Waals surface area contributed by atoms with Crippen molar-refractivity contribution in [3.05, 3.63) is 35.4 Å². The fourth-order valence-corrected chi connectivity index (χ4v) is 4.80. The lowest BCUT2D eigenvalue weighted by Gasteiger charge is -2.21. The van der Waals surface area contributed by atoms with E-state index in [0.29, 0.717) is 17.5 Å². The second-order valence-electron chi connectivity index (χ2n) is 8.61. The molecule has 180 valence electrons. The summed E-state index contributed by atoms with van der Waals surface area (Å²) in [4.78, 5) is 8.92. The minimum atomic E-state index is -1.53. The molecule has 2 saturated carbocycles. The highest BCUT2D eigenvalue weighted by atomic mass is 32.2. The highest BCUT2D eigenvalue weighted by molar-refractivity contribution is 7.99. The quantitative estimate of drug-likeness (QED) is 0.273. The number of alkyl halides is 1. The molecule has 0 amide bonds. The zero-order valence-electron chi connectivity index (χ0n) is 18.1. The number of aliphatic hydroxyl groups is 2. The number of anilines is 3. The first-order chi connectivity index (χ1) is 15.8. The third-order valence-electron chi connectivity index (χ3n) is 6.12. The van der Waals surface area contributed by atoms with Gasteiger partial charge in [0.1, 0.15) is 24.1 Å². The molecule has 1 aromatic carbocycles. The van der Waals surface area contributed by atoms with Gasteiger partial charge in [0.25, 0.3) is 0 Å². The summed E-state index contributed by atoms with van der Waals surface area (Å²) in [7, 11) is 0. The Morgan fingerprint density at radius 2 is 1.88 bits per heavy atom. The lowest BCUT2D eigenvalue weighted by atomic mass is 10.1. The molecule has 4 rings (SSSR count). The van der Waals surface area contributed by atoms with Crippen molar-refractivity contribution in [1.82, 2.24) is 9.97 Å². The maximum Gasteiger partial charge on any atom is 0.191 e. The van der Waals surface area contributed by atoms with E-state index < -0.39 is 36.1 Å². The normalized spacial score (nSPS) is 28.7. The van der Waals surface area contributed by atoms with Crippen LogP contribution in [0.5, 0.6) is 0 Å². The predicted molar refractivity (Wildman–Crippen MR) is 122 cm³/mol. The molecule has 0 saturated heterocycles. The second-order valence-corrected chi connectivity index (χ2v) is 9.67. The summed E-state index contributed by atoms with van der Waals surface area (Å²) >= 11 is 1.45. The van der Waals surface area contributed by atoms with Crippen LogP contribution in [0.3, 0.4) is 0 Å². The molecule has 1 aromatic heterocycles. The molecule has 33 heavy (non-hydrogen) atoms. The average Bonchev–Trinajstić information content (AvgIpc) is 3.53. The Morgan fingerprint density at radius 1 is 1.12 bits per heavy atom. The van der Waals surface area contributed by atoms with Gasteiger partial charge in [-0.15, -0.1) is 0 Å². The number of halogens is 3. The third kappa shape index (κ3) is 5.30. The molecule has 1 heterocycles. The lowest BCUT2D eigenvalue weighted by molar-refractivity contribution is 0.00784. The van der Waals surface area contributed by atoms with Gasteiger partial charge >= 0.3 is 0 Å².